The summed E-state index contributed by atoms with van der Waals surface area (Å²) in [6, 6.07) is 22.1. The Morgan fingerprint density at radius 1 is 0.962 bits per heavy atom. The number of piperazine rings is 1. The van der Waals surface area contributed by atoms with Crippen molar-refractivity contribution in [2.75, 3.05) is 19.6 Å². The molecular formula is C43H54N6O4. The van der Waals surface area contributed by atoms with Gasteiger partial charge in [-0.2, -0.15) is 0 Å². The van der Waals surface area contributed by atoms with E-state index < -0.39 is 18.2 Å². The molecule has 0 aliphatic carbocycles. The van der Waals surface area contributed by atoms with E-state index in [4.69, 9.17) is 0 Å². The van der Waals surface area contributed by atoms with Crippen LogP contribution in [0.4, 0.5) is 4.79 Å². The second-order valence-corrected chi connectivity index (χ2v) is 15.2. The van der Waals surface area contributed by atoms with E-state index in [9.17, 15) is 19.2 Å². The smallest absolute Gasteiger partial charge is 0.316 e. The van der Waals surface area contributed by atoms with Crippen molar-refractivity contribution >= 4 is 34.5 Å². The molecule has 4 amide bonds. The first-order valence-electron chi connectivity index (χ1n) is 18.6. The highest BCUT2D eigenvalue weighted by atomic mass is 16.2. The molecular weight excluding hydrogens is 665 g/mol. The van der Waals surface area contributed by atoms with Crippen LogP contribution in [0, 0.1) is 12.3 Å². The third kappa shape index (κ3) is 10.0. The zero-order valence-corrected chi connectivity index (χ0v) is 31.8. The standard InChI is InChI=1S/C43H54N6O4/c1-7-21-44-26-39(51)49-36(23-31-19-17-30(3)18-20-31)41(52)48(29-38(49)46-42(53)45-25-32-13-10-9-11-14-32)27-33-15-12-16-34-35(37(50)24-43(4,5)6)28-47(22-8-2)40(33)34/h7,9-20,28,36,38,44H,1,8,21-27,29H2,2-6H3,(H2,45,46,53)/t36-,38+/m0/s1. The van der Waals surface area contributed by atoms with Crippen LogP contribution in [-0.2, 0) is 35.6 Å². The number of urea groups is 1. The van der Waals surface area contributed by atoms with Crippen LogP contribution in [0.2, 0.25) is 0 Å². The number of ketones is 1. The number of fused-ring (bicyclic) bond motifs is 1. The van der Waals surface area contributed by atoms with Crippen molar-refractivity contribution in [2.24, 2.45) is 5.41 Å². The number of Topliss-reactive ketones (excluding diaryl/α,β-unsaturated/α-hetero) is 1. The van der Waals surface area contributed by atoms with Gasteiger partial charge >= 0.3 is 6.03 Å². The Morgan fingerprint density at radius 2 is 1.70 bits per heavy atom. The van der Waals surface area contributed by atoms with E-state index in [1.165, 1.54) is 0 Å². The summed E-state index contributed by atoms with van der Waals surface area (Å²) in [5.74, 6) is -0.419. The Balaban J connectivity index is 1.53. The predicted octanol–water partition coefficient (Wildman–Crippen LogP) is 6.36. The van der Waals surface area contributed by atoms with Crippen molar-refractivity contribution in [1.82, 2.24) is 30.3 Å². The number of aryl methyl sites for hydroxylation is 2. The molecule has 280 valence electrons. The van der Waals surface area contributed by atoms with Crippen LogP contribution in [0.5, 0.6) is 0 Å². The summed E-state index contributed by atoms with van der Waals surface area (Å²) < 4.78 is 2.13. The van der Waals surface area contributed by atoms with Gasteiger partial charge in [0.15, 0.2) is 5.78 Å². The summed E-state index contributed by atoms with van der Waals surface area (Å²) in [4.78, 5) is 59.1. The van der Waals surface area contributed by atoms with Gasteiger partial charge in [0, 0.05) is 56.2 Å². The minimum atomic E-state index is -0.880. The van der Waals surface area contributed by atoms with Gasteiger partial charge in [-0.3, -0.25) is 14.4 Å². The van der Waals surface area contributed by atoms with Gasteiger partial charge < -0.3 is 30.3 Å². The molecule has 53 heavy (non-hydrogen) atoms. The number of aromatic nitrogens is 1. The predicted molar refractivity (Wildman–Crippen MR) is 210 cm³/mol. The summed E-state index contributed by atoms with van der Waals surface area (Å²) in [7, 11) is 0. The van der Waals surface area contributed by atoms with Crippen LogP contribution < -0.4 is 16.0 Å². The number of nitrogens with zero attached hydrogens (tertiary/aromatic N) is 3. The first kappa shape index (κ1) is 39.0. The number of carbonyl (C=O) groups excluding carboxylic acids is 4. The highest BCUT2D eigenvalue weighted by Crippen LogP contribution is 2.31. The SMILES string of the molecule is C=CCNCC(=O)N1[C@@H](NC(=O)NCc2ccccc2)CN(Cc2cccc3c(C(=O)CC(C)(C)C)cn(CCC)c23)C(=O)[C@@H]1Cc1ccc(C)cc1. The zero-order valence-electron chi connectivity index (χ0n) is 31.8. The molecule has 0 unspecified atom stereocenters. The van der Waals surface area contributed by atoms with E-state index in [0.29, 0.717) is 31.6 Å². The van der Waals surface area contributed by atoms with Crippen molar-refractivity contribution in [3.8, 4) is 0 Å². The second kappa shape index (κ2) is 17.5. The Morgan fingerprint density at radius 3 is 2.38 bits per heavy atom. The maximum absolute atomic E-state index is 14.7. The van der Waals surface area contributed by atoms with Gasteiger partial charge in [-0.1, -0.05) is 112 Å². The molecule has 0 bridgehead atoms. The number of benzene rings is 3. The molecule has 2 heterocycles. The van der Waals surface area contributed by atoms with Crippen LogP contribution in [-0.4, -0.2) is 69.8 Å². The number of amides is 4. The summed E-state index contributed by atoms with van der Waals surface area (Å²) in [5, 5.41) is 9.92. The molecule has 1 fully saturated rings. The Labute approximate surface area is 313 Å². The molecule has 0 radical (unpaired) electrons. The van der Waals surface area contributed by atoms with Crippen molar-refractivity contribution < 1.29 is 19.2 Å². The van der Waals surface area contributed by atoms with Crippen molar-refractivity contribution in [3.63, 3.8) is 0 Å². The lowest BCUT2D eigenvalue weighted by Crippen LogP contribution is -2.69. The van der Waals surface area contributed by atoms with Gasteiger partial charge in [-0.05, 0) is 35.4 Å². The normalized spacial score (nSPS) is 16.1. The molecule has 5 rings (SSSR count). The van der Waals surface area contributed by atoms with Crippen molar-refractivity contribution in [1.29, 1.82) is 0 Å². The molecule has 1 saturated heterocycles. The van der Waals surface area contributed by atoms with Crippen molar-refractivity contribution in [2.45, 2.75) is 85.7 Å². The summed E-state index contributed by atoms with van der Waals surface area (Å²) in [6.07, 6.45) is 4.37. The van der Waals surface area contributed by atoms with Crippen molar-refractivity contribution in [3.05, 3.63) is 119 Å². The number of nitrogens with one attached hydrogen (secondary N) is 3. The highest BCUT2D eigenvalue weighted by molar-refractivity contribution is 6.09. The average molecular weight is 719 g/mol. The van der Waals surface area contributed by atoms with Crippen LogP contribution in [0.3, 0.4) is 0 Å². The third-order valence-electron chi connectivity index (χ3n) is 9.46. The lowest BCUT2D eigenvalue weighted by Gasteiger charge is -2.46. The Kier molecular flexibility index (Phi) is 12.9. The quantitative estimate of drug-likeness (QED) is 0.0752. The molecule has 1 aliphatic rings. The summed E-state index contributed by atoms with van der Waals surface area (Å²) >= 11 is 0. The topological polar surface area (TPSA) is 116 Å². The van der Waals surface area contributed by atoms with Gasteiger partial charge in [-0.15, -0.1) is 6.58 Å². The van der Waals surface area contributed by atoms with E-state index in [2.05, 4.69) is 54.8 Å². The van der Waals surface area contributed by atoms with Crippen LogP contribution in [0.1, 0.15) is 73.1 Å². The Bertz CT molecular complexity index is 1910. The summed E-state index contributed by atoms with van der Waals surface area (Å²) in [6.45, 7) is 15.8. The maximum atomic E-state index is 14.7. The fraction of sp³-hybridized carbons (Fsp3) is 0.395. The fourth-order valence-corrected chi connectivity index (χ4v) is 7.01. The number of para-hydroxylation sites is 1. The minimum Gasteiger partial charge on any atom is -0.346 e. The monoisotopic (exact) mass is 718 g/mol. The van der Waals surface area contributed by atoms with Gasteiger partial charge in [0.25, 0.3) is 0 Å². The van der Waals surface area contributed by atoms with E-state index in [0.717, 1.165) is 39.6 Å². The minimum absolute atomic E-state index is 0.0251. The number of carbonyl (C=O) groups is 4. The van der Waals surface area contributed by atoms with Gasteiger partial charge in [-0.25, -0.2) is 4.79 Å². The van der Waals surface area contributed by atoms with Crippen LogP contribution >= 0.6 is 0 Å². The molecule has 3 aromatic carbocycles. The first-order valence-corrected chi connectivity index (χ1v) is 18.6. The molecule has 0 spiro atoms. The molecule has 10 heteroatoms. The molecule has 3 N–H and O–H groups in total. The number of rotatable bonds is 15. The lowest BCUT2D eigenvalue weighted by atomic mass is 9.87. The zero-order chi connectivity index (χ0) is 38.1. The van der Waals surface area contributed by atoms with E-state index in [1.807, 2.05) is 85.9 Å². The second-order valence-electron chi connectivity index (χ2n) is 15.2. The first-order chi connectivity index (χ1) is 25.4. The van der Waals surface area contributed by atoms with E-state index in [1.54, 1.807) is 15.9 Å². The van der Waals surface area contributed by atoms with Crippen LogP contribution in [0.25, 0.3) is 10.9 Å². The summed E-state index contributed by atoms with van der Waals surface area (Å²) in [5.41, 5.74) is 5.27. The Hall–Kier alpha value is -5.22. The third-order valence-corrected chi connectivity index (χ3v) is 9.46. The average Bonchev–Trinajstić information content (AvgIpc) is 3.49. The van der Waals surface area contributed by atoms with Crippen LogP contribution in [0.15, 0.2) is 91.6 Å². The fourth-order valence-electron chi connectivity index (χ4n) is 7.01. The van der Waals surface area contributed by atoms with E-state index in [-0.39, 0.29) is 49.1 Å². The van der Waals surface area contributed by atoms with Gasteiger partial charge in [0.2, 0.25) is 11.8 Å². The molecule has 0 saturated carbocycles. The molecule has 10 nitrogen and oxygen atoms in total. The number of hydrogen-bond donors (Lipinski definition) is 3. The molecule has 1 aliphatic heterocycles. The highest BCUT2D eigenvalue weighted by Gasteiger charge is 2.44. The van der Waals surface area contributed by atoms with E-state index >= 15 is 0 Å². The molecule has 2 atom stereocenters. The number of hydrogen-bond acceptors (Lipinski definition) is 5. The van der Waals surface area contributed by atoms with Gasteiger partial charge in [0.1, 0.15) is 12.2 Å². The van der Waals surface area contributed by atoms with Gasteiger partial charge in [0.05, 0.1) is 18.6 Å². The molecule has 1 aromatic heterocycles. The maximum Gasteiger partial charge on any atom is 0.316 e. The molecule has 4 aromatic rings. The lowest BCUT2D eigenvalue weighted by molar-refractivity contribution is -0.156. The largest absolute Gasteiger partial charge is 0.346 e.